The highest BCUT2D eigenvalue weighted by atomic mass is 16.6. The largest absolute Gasteiger partial charge is 0.462 e. The molecular weight excluding hydrogens is 280 g/mol. The lowest BCUT2D eigenvalue weighted by molar-refractivity contribution is -0.170. The van der Waals surface area contributed by atoms with Gasteiger partial charge in [-0.3, -0.25) is 9.59 Å². The summed E-state index contributed by atoms with van der Waals surface area (Å²) in [6, 6.07) is 0. The molecule has 2 fully saturated rings. The third-order valence-corrected chi connectivity index (χ3v) is 4.82. The second kappa shape index (κ2) is 9.16. The summed E-state index contributed by atoms with van der Waals surface area (Å²) in [6.45, 7) is 1.98. The van der Waals surface area contributed by atoms with Crippen molar-refractivity contribution >= 4 is 11.9 Å². The van der Waals surface area contributed by atoms with E-state index < -0.39 is 5.92 Å². The number of rotatable bonds is 6. The van der Waals surface area contributed by atoms with Gasteiger partial charge in [-0.25, -0.2) is 0 Å². The standard InChI is InChI=1S/C18H30O4/c1-2-9-16(17(19)21-14-10-5-3-6-11-14)18(20)22-15-12-7-4-8-13-15/h14-16H,2-13H2,1H3. The van der Waals surface area contributed by atoms with Crippen LogP contribution in [0.25, 0.3) is 0 Å². The van der Waals surface area contributed by atoms with E-state index in [0.717, 1.165) is 57.8 Å². The molecule has 0 saturated heterocycles. The summed E-state index contributed by atoms with van der Waals surface area (Å²) in [6.07, 6.45) is 11.9. The van der Waals surface area contributed by atoms with Crippen molar-refractivity contribution in [3.63, 3.8) is 0 Å². The fraction of sp³-hybridized carbons (Fsp3) is 0.889. The maximum atomic E-state index is 12.4. The van der Waals surface area contributed by atoms with Gasteiger partial charge in [-0.1, -0.05) is 26.2 Å². The molecule has 0 heterocycles. The van der Waals surface area contributed by atoms with Crippen LogP contribution in [-0.2, 0) is 19.1 Å². The number of carbonyl (C=O) groups excluding carboxylic acids is 2. The van der Waals surface area contributed by atoms with Gasteiger partial charge in [0.15, 0.2) is 5.92 Å². The Balaban J connectivity index is 1.85. The Morgan fingerprint density at radius 2 is 1.23 bits per heavy atom. The highest BCUT2D eigenvalue weighted by Gasteiger charge is 2.33. The quantitative estimate of drug-likeness (QED) is 0.546. The van der Waals surface area contributed by atoms with Crippen LogP contribution in [0.1, 0.15) is 84.0 Å². The van der Waals surface area contributed by atoms with Crippen LogP contribution in [0.5, 0.6) is 0 Å². The van der Waals surface area contributed by atoms with Gasteiger partial charge < -0.3 is 9.47 Å². The second-order valence-electron chi connectivity index (χ2n) is 6.74. The van der Waals surface area contributed by atoms with Crippen molar-refractivity contribution in [1.82, 2.24) is 0 Å². The summed E-state index contributed by atoms with van der Waals surface area (Å²) in [5, 5.41) is 0. The van der Waals surface area contributed by atoms with E-state index in [2.05, 4.69) is 0 Å². The topological polar surface area (TPSA) is 52.6 Å². The Morgan fingerprint density at radius 1 is 0.818 bits per heavy atom. The van der Waals surface area contributed by atoms with Gasteiger partial charge >= 0.3 is 11.9 Å². The van der Waals surface area contributed by atoms with Crippen LogP contribution >= 0.6 is 0 Å². The van der Waals surface area contributed by atoms with Crippen molar-refractivity contribution in [2.75, 3.05) is 0 Å². The van der Waals surface area contributed by atoms with Gasteiger partial charge in [-0.15, -0.1) is 0 Å². The molecule has 0 N–H and O–H groups in total. The van der Waals surface area contributed by atoms with E-state index in [4.69, 9.17) is 9.47 Å². The first-order chi connectivity index (χ1) is 10.7. The molecule has 0 aromatic rings. The molecule has 2 rings (SSSR count). The van der Waals surface area contributed by atoms with Crippen molar-refractivity contribution in [1.29, 1.82) is 0 Å². The van der Waals surface area contributed by atoms with Crippen molar-refractivity contribution in [2.24, 2.45) is 5.92 Å². The van der Waals surface area contributed by atoms with Crippen molar-refractivity contribution in [2.45, 2.75) is 96.2 Å². The normalized spacial score (nSPS) is 20.8. The van der Waals surface area contributed by atoms with Gasteiger partial charge in [0.2, 0.25) is 0 Å². The van der Waals surface area contributed by atoms with E-state index in [1.54, 1.807) is 0 Å². The van der Waals surface area contributed by atoms with E-state index in [9.17, 15) is 9.59 Å². The van der Waals surface area contributed by atoms with E-state index in [0.29, 0.717) is 6.42 Å². The fourth-order valence-electron chi connectivity index (χ4n) is 3.48. The monoisotopic (exact) mass is 310 g/mol. The van der Waals surface area contributed by atoms with E-state index in [1.807, 2.05) is 6.92 Å². The molecule has 0 aromatic carbocycles. The number of hydrogen-bond donors (Lipinski definition) is 0. The second-order valence-corrected chi connectivity index (χ2v) is 6.74. The number of esters is 2. The Kier molecular flexibility index (Phi) is 7.20. The molecule has 0 aromatic heterocycles. The minimum atomic E-state index is -0.728. The molecule has 0 bridgehead atoms. The van der Waals surface area contributed by atoms with Crippen LogP contribution in [-0.4, -0.2) is 24.1 Å². The average molecular weight is 310 g/mol. The molecule has 126 valence electrons. The molecule has 4 nitrogen and oxygen atoms in total. The summed E-state index contributed by atoms with van der Waals surface area (Å²) < 4.78 is 11.2. The molecule has 0 unspecified atom stereocenters. The van der Waals surface area contributed by atoms with Gasteiger partial charge in [-0.05, 0) is 57.8 Å². The molecule has 22 heavy (non-hydrogen) atoms. The molecule has 4 heteroatoms. The van der Waals surface area contributed by atoms with E-state index in [1.165, 1.54) is 12.8 Å². The van der Waals surface area contributed by atoms with Gasteiger partial charge in [0.25, 0.3) is 0 Å². The third-order valence-electron chi connectivity index (χ3n) is 4.82. The summed E-state index contributed by atoms with van der Waals surface area (Å²) in [5.41, 5.74) is 0. The van der Waals surface area contributed by atoms with Crippen LogP contribution in [0, 0.1) is 5.92 Å². The van der Waals surface area contributed by atoms with E-state index in [-0.39, 0.29) is 24.1 Å². The van der Waals surface area contributed by atoms with Crippen LogP contribution in [0.15, 0.2) is 0 Å². The van der Waals surface area contributed by atoms with Crippen LogP contribution in [0.4, 0.5) is 0 Å². The zero-order chi connectivity index (χ0) is 15.8. The molecule has 0 amide bonds. The minimum Gasteiger partial charge on any atom is -0.462 e. The van der Waals surface area contributed by atoms with Gasteiger partial charge in [0.1, 0.15) is 12.2 Å². The zero-order valence-electron chi connectivity index (χ0n) is 13.9. The molecule has 2 aliphatic rings. The molecule has 0 aliphatic heterocycles. The minimum absolute atomic E-state index is 0.00286. The van der Waals surface area contributed by atoms with Gasteiger partial charge in [0.05, 0.1) is 0 Å². The van der Waals surface area contributed by atoms with Crippen molar-refractivity contribution in [3.8, 4) is 0 Å². The highest BCUT2D eigenvalue weighted by molar-refractivity contribution is 5.95. The molecule has 0 spiro atoms. The SMILES string of the molecule is CCCC(C(=O)OC1CCCCC1)C(=O)OC1CCCCC1. The number of carbonyl (C=O) groups is 2. The highest BCUT2D eigenvalue weighted by Crippen LogP contribution is 2.25. The predicted molar refractivity (Wildman–Crippen MR) is 84.3 cm³/mol. The summed E-state index contributed by atoms with van der Waals surface area (Å²) in [7, 11) is 0. The Morgan fingerprint density at radius 3 is 1.59 bits per heavy atom. The Bertz CT molecular complexity index is 322. The summed E-state index contributed by atoms with van der Waals surface area (Å²) in [4.78, 5) is 24.7. The molecular formula is C18H30O4. The summed E-state index contributed by atoms with van der Waals surface area (Å²) >= 11 is 0. The van der Waals surface area contributed by atoms with E-state index >= 15 is 0 Å². The van der Waals surface area contributed by atoms with Crippen LogP contribution in [0.3, 0.4) is 0 Å². The smallest absolute Gasteiger partial charge is 0.320 e. The average Bonchev–Trinajstić information content (AvgIpc) is 2.54. The van der Waals surface area contributed by atoms with Crippen LogP contribution in [0.2, 0.25) is 0 Å². The molecule has 0 atom stereocenters. The first-order valence-corrected chi connectivity index (χ1v) is 9.11. The van der Waals surface area contributed by atoms with Crippen LogP contribution < -0.4 is 0 Å². The third kappa shape index (κ3) is 5.29. The van der Waals surface area contributed by atoms with Gasteiger partial charge in [0, 0.05) is 0 Å². The lowest BCUT2D eigenvalue weighted by Gasteiger charge is -2.26. The van der Waals surface area contributed by atoms with Crippen molar-refractivity contribution in [3.05, 3.63) is 0 Å². The zero-order valence-corrected chi connectivity index (χ0v) is 13.9. The Labute approximate surface area is 133 Å². The predicted octanol–water partition coefficient (Wildman–Crippen LogP) is 4.15. The molecule has 0 radical (unpaired) electrons. The number of hydrogen-bond acceptors (Lipinski definition) is 4. The molecule has 2 aliphatic carbocycles. The fourth-order valence-corrected chi connectivity index (χ4v) is 3.48. The lowest BCUT2D eigenvalue weighted by Crippen LogP contribution is -2.34. The van der Waals surface area contributed by atoms with Gasteiger partial charge in [-0.2, -0.15) is 0 Å². The number of ether oxygens (including phenoxy) is 2. The lowest BCUT2D eigenvalue weighted by atomic mass is 9.96. The van der Waals surface area contributed by atoms with Crippen molar-refractivity contribution < 1.29 is 19.1 Å². The summed E-state index contributed by atoms with van der Waals surface area (Å²) in [5.74, 6) is -1.46. The first-order valence-electron chi connectivity index (χ1n) is 9.11. The molecule has 2 saturated carbocycles. The first kappa shape index (κ1) is 17.3. The Hall–Kier alpha value is -1.06. The maximum Gasteiger partial charge on any atom is 0.320 e. The maximum absolute atomic E-state index is 12.4.